The quantitative estimate of drug-likeness (QED) is 0.0415. The van der Waals surface area contributed by atoms with E-state index in [0.29, 0.717) is 37.8 Å². The minimum Gasteiger partial charge on any atom is -0.481 e. The number of unbranched alkanes of at least 4 members (excludes halogenated alkanes) is 14. The molecule has 31 nitrogen and oxygen atoms in total. The van der Waals surface area contributed by atoms with Gasteiger partial charge in [0.15, 0.2) is 0 Å². The van der Waals surface area contributed by atoms with E-state index in [9.17, 15) is 87.9 Å². The van der Waals surface area contributed by atoms with E-state index < -0.39 is 108 Å². The second-order valence-corrected chi connectivity index (χ2v) is 24.3. The lowest BCUT2D eigenvalue weighted by molar-refractivity contribution is -0.145. The number of amides is 4. The summed E-state index contributed by atoms with van der Waals surface area (Å²) in [5.41, 5.74) is 6.76. The molecule has 1 heterocycles. The normalized spacial score (nSPS) is 13.4. The number of hydrogen-bond acceptors (Lipinski definition) is 21. The average Bonchev–Trinajstić information content (AvgIpc) is 1.67. The number of aromatic nitrogens is 2. The fourth-order valence-electron chi connectivity index (χ4n) is 10.2. The van der Waals surface area contributed by atoms with Crippen LogP contribution in [-0.4, -0.2) is 220 Å². The first-order chi connectivity index (χ1) is 46.4. The van der Waals surface area contributed by atoms with Crippen LogP contribution >= 0.6 is 0 Å². The summed E-state index contributed by atoms with van der Waals surface area (Å²) in [6.45, 7) is 1.69. The highest BCUT2D eigenvalue weighted by atomic mass is 16.5. The Hall–Kier alpha value is -7.16. The lowest BCUT2D eigenvalue weighted by Gasteiger charge is -2.20. The zero-order valence-electron chi connectivity index (χ0n) is 56.5. The van der Waals surface area contributed by atoms with Crippen LogP contribution in [0.15, 0.2) is 12.5 Å². The zero-order chi connectivity index (χ0) is 72.0. The zero-order valence-corrected chi connectivity index (χ0v) is 56.5. The molecule has 0 bridgehead atoms. The standard InChI is InChI=1S/C66H110N8O23/c1-46(75)62(66(92)93)71-42-56(79)47(23-29-55(78)52(67)40-49-41-68-45-72-49)19-16-17-31-69-59(82)43-97-38-36-95-34-32-70-60(83)44-96-37-35-94-33-18-20-50(76)25-27-53(64(88)89)74-58(81)30-24-48(63(86)87)39-51(77)26-28-54(65(90)91)73-57(80)21-14-12-10-8-6-4-2-3-5-7-9-11-13-15-22-61(84)85/h41,45-48,52-54,62,71,75H,2-40,42-44,67H2,1H3,(H,68,72)(H,69,82)(H,70,83)(H,73,80)(H,74,81)(H,84,85)(H,86,87)(H,88,89)(H,90,91)(H,92,93)/t46-,47-,48-,52+,53+,54+,62+/m1/s1. The van der Waals surface area contributed by atoms with Gasteiger partial charge < -0.3 is 81.6 Å². The fourth-order valence-corrected chi connectivity index (χ4v) is 10.2. The van der Waals surface area contributed by atoms with Gasteiger partial charge in [-0.3, -0.25) is 58.1 Å². The van der Waals surface area contributed by atoms with Crippen LogP contribution in [0.4, 0.5) is 0 Å². The summed E-state index contributed by atoms with van der Waals surface area (Å²) in [6.07, 6.45) is 16.2. The van der Waals surface area contributed by atoms with Crippen molar-refractivity contribution in [3.05, 3.63) is 18.2 Å². The van der Waals surface area contributed by atoms with Crippen molar-refractivity contribution in [3.8, 4) is 0 Å². The smallest absolute Gasteiger partial charge is 0.326 e. The third-order valence-corrected chi connectivity index (χ3v) is 16.0. The molecule has 0 fully saturated rings. The molecule has 1 rings (SSSR count). The molecule has 0 unspecified atom stereocenters. The van der Waals surface area contributed by atoms with E-state index in [1.54, 1.807) is 6.20 Å². The maximum absolute atomic E-state index is 13.2. The highest BCUT2D eigenvalue weighted by Gasteiger charge is 2.29. The number of carbonyl (C=O) groups is 13. The molecule has 0 spiro atoms. The number of ketones is 4. The van der Waals surface area contributed by atoms with Gasteiger partial charge in [0, 0.05) is 95.3 Å². The van der Waals surface area contributed by atoms with Gasteiger partial charge in [-0.25, -0.2) is 14.6 Å². The molecule has 4 amide bonds. The minimum atomic E-state index is -1.45. The Bertz CT molecular complexity index is 2480. The van der Waals surface area contributed by atoms with E-state index >= 15 is 0 Å². The second kappa shape index (κ2) is 55.8. The number of carboxylic acids is 5. The molecule has 31 heteroatoms. The SMILES string of the molecule is C[C@@H](O)[C@H](NCC(=O)[C@H](CCCCNC(=O)COCCOCCNC(=O)COCCOCCCC(=O)CC[C@H](NC(=O)CC[C@H](CC(=O)CC[C@H](NC(=O)CCCCCCCCCCCCCCCCC(=O)O)C(=O)O)C(=O)O)C(=O)O)CCC(=O)[C@@H](N)Cc1cnc[nH]1)C(=O)O. The number of hydrogen-bond donors (Lipinski definition) is 13. The first kappa shape index (κ1) is 87.9. The van der Waals surface area contributed by atoms with Crippen LogP contribution in [0.3, 0.4) is 0 Å². The number of aromatic amines is 1. The summed E-state index contributed by atoms with van der Waals surface area (Å²) in [5.74, 6) is -11.6. The average molecular weight is 1380 g/mol. The third-order valence-electron chi connectivity index (χ3n) is 16.0. The minimum absolute atomic E-state index is 0.0248. The van der Waals surface area contributed by atoms with E-state index in [2.05, 4.69) is 36.6 Å². The van der Waals surface area contributed by atoms with E-state index in [0.717, 1.165) is 70.6 Å². The van der Waals surface area contributed by atoms with Crippen molar-refractivity contribution < 1.29 is 112 Å². The molecule has 0 aliphatic rings. The van der Waals surface area contributed by atoms with Crippen LogP contribution < -0.4 is 32.3 Å². The number of ether oxygens (including phenoxy) is 4. The predicted molar refractivity (Wildman–Crippen MR) is 351 cm³/mol. The van der Waals surface area contributed by atoms with E-state index in [1.807, 2.05) is 0 Å². The van der Waals surface area contributed by atoms with E-state index in [1.165, 1.54) is 26.1 Å². The van der Waals surface area contributed by atoms with Crippen molar-refractivity contribution in [1.82, 2.24) is 36.6 Å². The van der Waals surface area contributed by atoms with Crippen LogP contribution in [-0.2, 0) is 87.7 Å². The van der Waals surface area contributed by atoms with Gasteiger partial charge in [-0.15, -0.1) is 0 Å². The number of carbonyl (C=O) groups excluding carboxylic acids is 8. The number of nitrogens with one attached hydrogen (secondary N) is 6. The van der Waals surface area contributed by atoms with Gasteiger partial charge >= 0.3 is 29.8 Å². The number of Topliss-reactive ketones (excluding diaryl/α,β-unsaturated/α-hetero) is 4. The predicted octanol–water partition coefficient (Wildman–Crippen LogP) is 3.52. The van der Waals surface area contributed by atoms with E-state index in [-0.39, 0.29) is 166 Å². The van der Waals surface area contributed by atoms with Crippen molar-refractivity contribution in [2.45, 2.75) is 236 Å². The molecule has 0 aliphatic heterocycles. The Morgan fingerprint density at radius 1 is 0.474 bits per heavy atom. The van der Waals surface area contributed by atoms with Crippen LogP contribution in [0.2, 0.25) is 0 Å². The molecule has 0 saturated carbocycles. The Balaban J connectivity index is 2.19. The first-order valence-corrected chi connectivity index (χ1v) is 34.2. The molecule has 1 aromatic heterocycles. The first-order valence-electron chi connectivity index (χ1n) is 34.2. The van der Waals surface area contributed by atoms with Crippen molar-refractivity contribution in [3.63, 3.8) is 0 Å². The number of nitrogens with zero attached hydrogens (tertiary/aromatic N) is 1. The van der Waals surface area contributed by atoms with Crippen LogP contribution in [0, 0.1) is 11.8 Å². The van der Waals surface area contributed by atoms with Gasteiger partial charge in [0.2, 0.25) is 23.6 Å². The molecule has 1 aromatic rings. The second-order valence-electron chi connectivity index (χ2n) is 24.3. The van der Waals surface area contributed by atoms with Gasteiger partial charge in [-0.1, -0.05) is 83.5 Å². The summed E-state index contributed by atoms with van der Waals surface area (Å²) >= 11 is 0. The lowest BCUT2D eigenvalue weighted by atomic mass is 9.89. The van der Waals surface area contributed by atoms with Gasteiger partial charge in [-0.2, -0.15) is 0 Å². The number of aliphatic carboxylic acids is 5. The molecule has 14 N–H and O–H groups in total. The molecular formula is C66H110N8O23. The number of rotatable bonds is 67. The molecule has 0 aliphatic carbocycles. The van der Waals surface area contributed by atoms with Crippen LogP contribution in [0.5, 0.6) is 0 Å². The molecule has 0 saturated heterocycles. The number of aliphatic hydroxyl groups is 1. The highest BCUT2D eigenvalue weighted by molar-refractivity contribution is 5.89. The molecule has 0 radical (unpaired) electrons. The third kappa shape index (κ3) is 48.2. The number of H-pyrrole nitrogens is 1. The maximum Gasteiger partial charge on any atom is 0.326 e. The number of nitrogens with two attached hydrogens (primary N) is 1. The Labute approximate surface area is 567 Å². The summed E-state index contributed by atoms with van der Waals surface area (Å²) in [5, 5.41) is 69.6. The highest BCUT2D eigenvalue weighted by Crippen LogP contribution is 2.20. The molecule has 552 valence electrons. The van der Waals surface area contributed by atoms with Crippen LogP contribution in [0.25, 0.3) is 0 Å². The summed E-state index contributed by atoms with van der Waals surface area (Å²) in [6, 6.07) is -4.97. The lowest BCUT2D eigenvalue weighted by Crippen LogP contribution is -2.47. The van der Waals surface area contributed by atoms with Crippen molar-refractivity contribution in [1.29, 1.82) is 0 Å². The number of carboxylic acid groups (broad SMARTS) is 5. The van der Waals surface area contributed by atoms with Gasteiger partial charge in [0.25, 0.3) is 0 Å². The summed E-state index contributed by atoms with van der Waals surface area (Å²) in [4.78, 5) is 166. The molecule has 7 atom stereocenters. The Morgan fingerprint density at radius 3 is 1.49 bits per heavy atom. The van der Waals surface area contributed by atoms with Gasteiger partial charge in [0.05, 0.1) is 64.0 Å². The number of imidazole rings is 1. The summed E-state index contributed by atoms with van der Waals surface area (Å²) in [7, 11) is 0. The largest absolute Gasteiger partial charge is 0.481 e. The number of aliphatic hydroxyl groups excluding tert-OH is 1. The Kier molecular flexibility index (Phi) is 50.5. The van der Waals surface area contributed by atoms with Crippen molar-refractivity contribution in [2.24, 2.45) is 17.6 Å². The van der Waals surface area contributed by atoms with Crippen LogP contribution in [0.1, 0.15) is 205 Å². The topological polar surface area (TPSA) is 495 Å². The summed E-state index contributed by atoms with van der Waals surface area (Å²) < 4.78 is 21.5. The van der Waals surface area contributed by atoms with Gasteiger partial charge in [-0.05, 0) is 64.7 Å². The monoisotopic (exact) mass is 1380 g/mol. The Morgan fingerprint density at radius 2 is 0.979 bits per heavy atom. The van der Waals surface area contributed by atoms with Crippen molar-refractivity contribution >= 4 is 76.6 Å². The fraction of sp³-hybridized carbons (Fsp3) is 0.758. The molecular weight excluding hydrogens is 1270 g/mol. The van der Waals surface area contributed by atoms with Crippen molar-refractivity contribution in [2.75, 3.05) is 72.5 Å². The maximum atomic E-state index is 13.2. The molecule has 97 heavy (non-hydrogen) atoms. The van der Waals surface area contributed by atoms with E-state index in [4.69, 9.17) is 29.8 Å². The molecule has 0 aromatic carbocycles. The van der Waals surface area contributed by atoms with Gasteiger partial charge in [0.1, 0.15) is 54.5 Å².